The lowest BCUT2D eigenvalue weighted by molar-refractivity contribution is -0.253. The Hall–Kier alpha value is -2.69. The summed E-state index contributed by atoms with van der Waals surface area (Å²) in [5, 5.41) is 0. The van der Waals surface area contributed by atoms with Crippen molar-refractivity contribution >= 4 is 29.8 Å². The van der Waals surface area contributed by atoms with Crippen molar-refractivity contribution in [3.63, 3.8) is 0 Å². The third kappa shape index (κ3) is 8.06. The van der Waals surface area contributed by atoms with Gasteiger partial charge in [0, 0.05) is 39.5 Å². The fourth-order valence-corrected chi connectivity index (χ4v) is 2.77. The van der Waals surface area contributed by atoms with Crippen molar-refractivity contribution < 1.29 is 57.9 Å². The molecule has 0 aliphatic carbocycles. The van der Waals surface area contributed by atoms with E-state index in [1.54, 1.807) is 0 Å². The molecule has 0 aromatic heterocycles. The van der Waals surface area contributed by atoms with E-state index >= 15 is 0 Å². The minimum atomic E-state index is -1.56. The Morgan fingerprint density at radius 1 is 0.793 bits per heavy atom. The van der Waals surface area contributed by atoms with Crippen LogP contribution in [-0.4, -0.2) is 74.1 Å². The second-order valence-electron chi connectivity index (χ2n) is 5.87. The first-order chi connectivity index (χ1) is 15.7. The Labute approximate surface area is 173 Å². The number of hydrogen-bond acceptors (Lipinski definition) is 11. The van der Waals surface area contributed by atoms with E-state index < -0.39 is 94.6 Å². The van der Waals surface area contributed by atoms with Crippen molar-refractivity contribution in [1.29, 1.82) is 0 Å². The molecule has 0 aromatic carbocycles. The first-order valence-electron chi connectivity index (χ1n) is 11.2. The number of rotatable bonds is 8. The molecule has 1 heterocycles. The molecule has 1 rings (SSSR count). The molecule has 1 aliphatic rings. The van der Waals surface area contributed by atoms with Gasteiger partial charge in [0.1, 0.15) is 12.7 Å². The van der Waals surface area contributed by atoms with Crippen LogP contribution in [-0.2, 0) is 52.4 Å². The largest absolute Gasteiger partial charge is 0.469 e. The second-order valence-corrected chi connectivity index (χ2v) is 5.87. The highest BCUT2D eigenvalue weighted by Crippen LogP contribution is 2.31. The molecule has 11 heteroatoms. The normalized spacial score (nSPS) is 27.8. The van der Waals surface area contributed by atoms with Gasteiger partial charge in [-0.05, 0) is 6.42 Å². The van der Waals surface area contributed by atoms with E-state index in [9.17, 15) is 24.0 Å². The Kier molecular flexibility index (Phi) is 7.18. The highest BCUT2D eigenvalue weighted by Gasteiger charge is 2.51. The van der Waals surface area contributed by atoms with Gasteiger partial charge in [-0.3, -0.25) is 24.0 Å². The highest BCUT2D eigenvalue weighted by molar-refractivity contribution is 5.70. The van der Waals surface area contributed by atoms with Crippen molar-refractivity contribution in [3.8, 4) is 0 Å². The van der Waals surface area contributed by atoms with Gasteiger partial charge in [0.05, 0.1) is 13.2 Å². The fraction of sp³-hybridized carbons (Fsp3) is 0.722. The Balaban J connectivity index is 3.37. The van der Waals surface area contributed by atoms with Crippen LogP contribution in [0.1, 0.15) is 45.9 Å². The summed E-state index contributed by atoms with van der Waals surface area (Å²) in [4.78, 5) is 58.8. The zero-order chi connectivity index (χ0) is 25.0. The van der Waals surface area contributed by atoms with Crippen LogP contribution in [0, 0.1) is 0 Å². The fourth-order valence-electron chi connectivity index (χ4n) is 2.77. The van der Waals surface area contributed by atoms with Gasteiger partial charge >= 0.3 is 29.8 Å². The third-order valence-electron chi connectivity index (χ3n) is 3.80. The topological polar surface area (TPSA) is 141 Å². The smallest absolute Gasteiger partial charge is 0.305 e. The van der Waals surface area contributed by atoms with Gasteiger partial charge in [0.15, 0.2) is 18.3 Å². The Bertz CT molecular complexity index is 657. The second kappa shape index (κ2) is 11.3. The van der Waals surface area contributed by atoms with E-state index in [0.29, 0.717) is 0 Å². The zero-order valence-corrected chi connectivity index (χ0v) is 15.8. The maximum absolute atomic E-state index is 11.9. The van der Waals surface area contributed by atoms with Gasteiger partial charge in [-0.2, -0.15) is 0 Å². The summed E-state index contributed by atoms with van der Waals surface area (Å²) in [6.07, 6.45) is -7.36. The Morgan fingerprint density at radius 3 is 1.83 bits per heavy atom. The molecule has 0 radical (unpaired) electrons. The number of carbonyl (C=O) groups excluding carboxylic acids is 5. The Morgan fingerprint density at radius 2 is 1.31 bits per heavy atom. The first kappa shape index (κ1) is 18.3. The average Bonchev–Trinajstić information content (AvgIpc) is 2.83. The monoisotopic (exact) mass is 422 g/mol. The molecule has 164 valence electrons. The number of hydrogen-bond donors (Lipinski definition) is 0. The minimum absolute atomic E-state index is 0.125. The van der Waals surface area contributed by atoms with Crippen LogP contribution in [0.3, 0.4) is 0 Å². The molecular weight excluding hydrogens is 392 g/mol. The number of ether oxygens (including phenoxy) is 6. The summed E-state index contributed by atoms with van der Waals surface area (Å²) in [5.74, 6) is -4.75. The van der Waals surface area contributed by atoms with Gasteiger partial charge in [0.25, 0.3) is 0 Å². The van der Waals surface area contributed by atoms with E-state index in [0.717, 1.165) is 7.11 Å². The predicted octanol–water partition coefficient (Wildman–Crippen LogP) is 0.0652. The molecular formula is C18H26O11. The first-order valence-corrected chi connectivity index (χ1v) is 8.33. The van der Waals surface area contributed by atoms with Crippen molar-refractivity contribution in [2.24, 2.45) is 0 Å². The van der Waals surface area contributed by atoms with Gasteiger partial charge in [-0.15, -0.1) is 0 Å². The van der Waals surface area contributed by atoms with E-state index in [2.05, 4.69) is 4.74 Å². The van der Waals surface area contributed by atoms with Crippen LogP contribution < -0.4 is 0 Å². The summed E-state index contributed by atoms with van der Waals surface area (Å²) >= 11 is 0. The number of carbonyl (C=O) groups is 5. The van der Waals surface area contributed by atoms with Crippen molar-refractivity contribution in [1.82, 2.24) is 0 Å². The van der Waals surface area contributed by atoms with E-state index in [1.807, 2.05) is 0 Å². The molecule has 11 nitrogen and oxygen atoms in total. The molecule has 0 spiro atoms. The van der Waals surface area contributed by atoms with E-state index in [-0.39, 0.29) is 12.8 Å². The summed E-state index contributed by atoms with van der Waals surface area (Å²) in [7, 11) is 1.15. The third-order valence-corrected chi connectivity index (χ3v) is 3.80. The van der Waals surface area contributed by atoms with Gasteiger partial charge in [-0.25, -0.2) is 0 Å². The van der Waals surface area contributed by atoms with Gasteiger partial charge < -0.3 is 28.4 Å². The molecule has 0 amide bonds. The van der Waals surface area contributed by atoms with Crippen LogP contribution in [0.25, 0.3) is 0 Å². The number of methoxy groups -OCH3 is 1. The van der Waals surface area contributed by atoms with Crippen molar-refractivity contribution in [2.75, 3.05) is 13.7 Å². The molecule has 0 bridgehead atoms. The molecule has 0 N–H and O–H groups in total. The summed E-state index contributed by atoms with van der Waals surface area (Å²) in [6, 6.07) is 0. The van der Waals surface area contributed by atoms with Crippen molar-refractivity contribution in [2.45, 2.75) is 71.0 Å². The molecule has 1 unspecified atom stereocenters. The summed E-state index contributed by atoms with van der Waals surface area (Å²) in [5.41, 5.74) is 0. The lowest BCUT2D eigenvalue weighted by atomic mass is 9.92. The molecule has 29 heavy (non-hydrogen) atoms. The lowest BCUT2D eigenvalue weighted by Crippen LogP contribution is -2.62. The summed E-state index contributed by atoms with van der Waals surface area (Å²) in [6.45, 7) is -3.73. The van der Waals surface area contributed by atoms with Gasteiger partial charge in [-0.1, -0.05) is 0 Å². The van der Waals surface area contributed by atoms with Crippen LogP contribution in [0.5, 0.6) is 0 Å². The maximum Gasteiger partial charge on any atom is 0.305 e. The van der Waals surface area contributed by atoms with Crippen LogP contribution >= 0.6 is 0 Å². The molecule has 5 atom stereocenters. The van der Waals surface area contributed by atoms with Gasteiger partial charge in [0.2, 0.25) is 0 Å². The predicted molar refractivity (Wildman–Crippen MR) is 93.2 cm³/mol. The standard InChI is InChI=1S/C18H26O11/c1-9(19)25-8-14-17(27-11(3)21)18(28-12(4)22)16(26-10(2)20)13(29-14)6-7-15(23)24-5/h13-14,16-18H,6-8H2,1-5H3/t13?,14-,16+,17+,18-/m1/s1/i1D,2D,3D,4D. The van der Waals surface area contributed by atoms with Crippen LogP contribution in [0.2, 0.25) is 0 Å². The minimum Gasteiger partial charge on any atom is -0.469 e. The lowest BCUT2D eigenvalue weighted by Gasteiger charge is -2.44. The van der Waals surface area contributed by atoms with E-state index in [4.69, 9.17) is 29.2 Å². The molecule has 0 saturated carbocycles. The van der Waals surface area contributed by atoms with Crippen LogP contribution in [0.4, 0.5) is 0 Å². The van der Waals surface area contributed by atoms with Crippen molar-refractivity contribution in [3.05, 3.63) is 0 Å². The quantitative estimate of drug-likeness (QED) is 0.387. The summed E-state index contributed by atoms with van der Waals surface area (Å²) < 4.78 is 59.4. The maximum atomic E-state index is 11.9. The number of esters is 5. The van der Waals surface area contributed by atoms with Crippen LogP contribution in [0.15, 0.2) is 0 Å². The van der Waals surface area contributed by atoms with E-state index in [1.165, 1.54) is 0 Å². The molecule has 1 saturated heterocycles. The highest BCUT2D eigenvalue weighted by atomic mass is 16.7. The zero-order valence-electron chi connectivity index (χ0n) is 19.8. The average molecular weight is 422 g/mol. The molecule has 1 fully saturated rings. The SMILES string of the molecule is [2H]CC(=O)OC[C@H]1OC(CCC(=O)OC)[C@H](OC(=O)C[2H])[C@@H](OC(=O)C[2H])[C@H]1OC(=O)C[2H]. The molecule has 0 aromatic rings. The molecule has 1 aliphatic heterocycles.